The van der Waals surface area contributed by atoms with Gasteiger partial charge in [-0.3, -0.25) is 4.57 Å². The number of hydrogen-bond acceptors (Lipinski definition) is 4. The van der Waals surface area contributed by atoms with Crippen molar-refractivity contribution in [1.82, 2.24) is 0 Å². The third-order valence-electron chi connectivity index (χ3n) is 4.60. The van der Waals surface area contributed by atoms with Crippen molar-refractivity contribution in [2.45, 2.75) is 32.9 Å². The van der Waals surface area contributed by atoms with Gasteiger partial charge in [0.1, 0.15) is 17.0 Å². The summed E-state index contributed by atoms with van der Waals surface area (Å²) in [5, 5.41) is 0.896. The third-order valence-corrected chi connectivity index (χ3v) is 7.01. The van der Waals surface area contributed by atoms with E-state index in [2.05, 4.69) is 0 Å². The number of halogens is 2. The highest BCUT2D eigenvalue weighted by atomic mass is 31.2. The molecule has 1 heterocycles. The van der Waals surface area contributed by atoms with E-state index in [0.29, 0.717) is 16.9 Å². The molecular formula is C21H23F2O4P. The van der Waals surface area contributed by atoms with Gasteiger partial charge in [0.25, 0.3) is 0 Å². The van der Waals surface area contributed by atoms with Gasteiger partial charge in [0.2, 0.25) is 0 Å². The smallest absolute Gasteiger partial charge is 0.341 e. The maximum absolute atomic E-state index is 13.7. The normalized spacial score (nSPS) is 13.2. The summed E-state index contributed by atoms with van der Waals surface area (Å²) in [4.78, 5) is 0. The molecule has 0 saturated carbocycles. The summed E-state index contributed by atoms with van der Waals surface area (Å²) in [5.41, 5.74) is 1.17. The van der Waals surface area contributed by atoms with Gasteiger partial charge >= 0.3 is 7.60 Å². The molecule has 3 aromatic rings. The summed E-state index contributed by atoms with van der Waals surface area (Å²) in [7, 11) is -3.64. The maximum atomic E-state index is 13.7. The van der Waals surface area contributed by atoms with E-state index >= 15 is 0 Å². The van der Waals surface area contributed by atoms with Gasteiger partial charge < -0.3 is 13.5 Å². The van der Waals surface area contributed by atoms with Crippen molar-refractivity contribution in [3.63, 3.8) is 0 Å². The molecule has 0 aliphatic rings. The van der Waals surface area contributed by atoms with Crippen molar-refractivity contribution in [2.75, 3.05) is 13.2 Å². The van der Waals surface area contributed by atoms with Crippen LogP contribution in [0.25, 0.3) is 11.0 Å². The average molecular weight is 408 g/mol. The number of para-hydroxylation sites is 1. The van der Waals surface area contributed by atoms with Crippen molar-refractivity contribution < 1.29 is 26.8 Å². The second-order valence-corrected chi connectivity index (χ2v) is 8.65. The second-order valence-electron chi connectivity index (χ2n) is 6.43. The quantitative estimate of drug-likeness (QED) is 0.396. The Morgan fingerprint density at radius 2 is 1.71 bits per heavy atom. The Balaban J connectivity index is 2.13. The van der Waals surface area contributed by atoms with Crippen molar-refractivity contribution in [3.8, 4) is 0 Å². The number of fused-ring (bicyclic) bond motifs is 1. The highest BCUT2D eigenvalue weighted by Gasteiger charge is 2.40. The molecule has 3 rings (SSSR count). The van der Waals surface area contributed by atoms with Gasteiger partial charge in [-0.15, -0.1) is 0 Å². The van der Waals surface area contributed by atoms with E-state index in [-0.39, 0.29) is 19.6 Å². The molecule has 0 spiro atoms. The van der Waals surface area contributed by atoms with Gasteiger partial charge in [-0.2, -0.15) is 0 Å². The largest absolute Gasteiger partial charge is 0.460 e. The summed E-state index contributed by atoms with van der Waals surface area (Å²) < 4.78 is 57.9. The van der Waals surface area contributed by atoms with Crippen LogP contribution in [-0.2, 0) is 20.0 Å². The molecule has 0 aliphatic heterocycles. The van der Waals surface area contributed by atoms with Gasteiger partial charge in [0, 0.05) is 5.39 Å². The Bertz CT molecular complexity index is 1000. The molecule has 1 aromatic heterocycles. The lowest BCUT2D eigenvalue weighted by Crippen LogP contribution is -2.10. The Labute approximate surface area is 163 Å². The predicted molar refractivity (Wildman–Crippen MR) is 105 cm³/mol. The van der Waals surface area contributed by atoms with Crippen LogP contribution in [-0.4, -0.2) is 13.2 Å². The van der Waals surface area contributed by atoms with Crippen molar-refractivity contribution in [1.29, 1.82) is 0 Å². The van der Waals surface area contributed by atoms with Crippen LogP contribution in [0.4, 0.5) is 8.78 Å². The standard InChI is InChI=1S/C21H23F2O4P/c1-4-25-28(24,26-5-2)20(13-15-10-11-17(22)18(23)12-15)21-14(3)16-8-6-7-9-19(16)27-21/h6-12,20H,4-5,13H2,1-3H3. The molecular weight excluding hydrogens is 385 g/mol. The lowest BCUT2D eigenvalue weighted by molar-refractivity contribution is 0.209. The van der Waals surface area contributed by atoms with Crippen molar-refractivity contribution in [3.05, 3.63) is 71.0 Å². The molecule has 4 nitrogen and oxygen atoms in total. The van der Waals surface area contributed by atoms with Crippen LogP contribution in [0, 0.1) is 18.6 Å². The first kappa shape index (κ1) is 20.7. The van der Waals surface area contributed by atoms with E-state index in [1.165, 1.54) is 6.07 Å². The average Bonchev–Trinajstić information content (AvgIpc) is 2.99. The van der Waals surface area contributed by atoms with E-state index in [1.807, 2.05) is 31.2 Å². The van der Waals surface area contributed by atoms with Crippen molar-refractivity contribution in [2.24, 2.45) is 0 Å². The van der Waals surface area contributed by atoms with E-state index in [1.54, 1.807) is 13.8 Å². The van der Waals surface area contributed by atoms with Gasteiger partial charge in [-0.25, -0.2) is 8.78 Å². The minimum Gasteiger partial charge on any atom is -0.460 e. The minimum atomic E-state index is -3.64. The molecule has 0 N–H and O–H groups in total. The fraction of sp³-hybridized carbons (Fsp3) is 0.333. The molecule has 0 amide bonds. The first-order valence-electron chi connectivity index (χ1n) is 9.20. The monoisotopic (exact) mass is 408 g/mol. The summed E-state index contributed by atoms with van der Waals surface area (Å²) in [6.45, 7) is 5.70. The molecule has 0 saturated heterocycles. The first-order chi connectivity index (χ1) is 13.4. The Morgan fingerprint density at radius 1 is 1.04 bits per heavy atom. The van der Waals surface area contributed by atoms with E-state index in [9.17, 15) is 13.3 Å². The zero-order chi connectivity index (χ0) is 20.3. The zero-order valence-corrected chi connectivity index (χ0v) is 17.0. The van der Waals surface area contributed by atoms with E-state index in [4.69, 9.17) is 13.5 Å². The van der Waals surface area contributed by atoms with Gasteiger partial charge in [-0.05, 0) is 56.5 Å². The number of benzene rings is 2. The molecule has 150 valence electrons. The van der Waals surface area contributed by atoms with Crippen molar-refractivity contribution >= 4 is 18.6 Å². The molecule has 28 heavy (non-hydrogen) atoms. The summed E-state index contributed by atoms with van der Waals surface area (Å²) >= 11 is 0. The molecule has 0 bridgehead atoms. The molecule has 0 fully saturated rings. The number of aryl methyl sites for hydroxylation is 1. The topological polar surface area (TPSA) is 48.7 Å². The lowest BCUT2D eigenvalue weighted by Gasteiger charge is -2.25. The number of hydrogen-bond donors (Lipinski definition) is 0. The first-order valence-corrected chi connectivity index (χ1v) is 10.8. The highest BCUT2D eigenvalue weighted by molar-refractivity contribution is 7.54. The highest BCUT2D eigenvalue weighted by Crippen LogP contribution is 2.63. The van der Waals surface area contributed by atoms with Gasteiger partial charge in [0.15, 0.2) is 11.6 Å². The zero-order valence-electron chi connectivity index (χ0n) is 16.1. The predicted octanol–water partition coefficient (Wildman–Crippen LogP) is 6.57. The van der Waals surface area contributed by atoms with Crippen LogP contribution < -0.4 is 0 Å². The molecule has 0 radical (unpaired) electrons. The Kier molecular flexibility index (Phi) is 6.33. The summed E-state index contributed by atoms with van der Waals surface area (Å²) in [6.07, 6.45) is 0.120. The van der Waals surface area contributed by atoms with Gasteiger partial charge in [-0.1, -0.05) is 24.3 Å². The van der Waals surface area contributed by atoms with Crippen LogP contribution in [0.3, 0.4) is 0 Å². The SMILES string of the molecule is CCOP(=O)(OCC)C(Cc1ccc(F)c(F)c1)c1oc2ccccc2c1C. The summed E-state index contributed by atoms with van der Waals surface area (Å²) in [5.74, 6) is -1.42. The minimum absolute atomic E-state index is 0.120. The number of rotatable bonds is 8. The molecule has 1 unspecified atom stereocenters. The van der Waals surface area contributed by atoms with Crippen LogP contribution in [0.15, 0.2) is 46.9 Å². The fourth-order valence-corrected chi connectivity index (χ4v) is 5.45. The van der Waals surface area contributed by atoms with E-state index in [0.717, 1.165) is 23.1 Å². The maximum Gasteiger partial charge on any atom is 0.341 e. The second kappa shape index (κ2) is 8.56. The van der Waals surface area contributed by atoms with Crippen LogP contribution in [0.5, 0.6) is 0 Å². The van der Waals surface area contributed by atoms with Gasteiger partial charge in [0.05, 0.1) is 13.2 Å². The molecule has 7 heteroatoms. The van der Waals surface area contributed by atoms with Crippen LogP contribution >= 0.6 is 7.60 Å². The fourth-order valence-electron chi connectivity index (χ4n) is 3.33. The lowest BCUT2D eigenvalue weighted by atomic mass is 10.0. The third kappa shape index (κ3) is 4.04. The molecule has 1 atom stereocenters. The Hall–Kier alpha value is -2.01. The molecule has 2 aromatic carbocycles. The summed E-state index contributed by atoms with van der Waals surface area (Å²) in [6, 6.07) is 11.1. The van der Waals surface area contributed by atoms with Crippen LogP contribution in [0.1, 0.15) is 36.4 Å². The molecule has 0 aliphatic carbocycles. The Morgan fingerprint density at radius 3 is 2.32 bits per heavy atom. The van der Waals surface area contributed by atoms with E-state index < -0.39 is 24.9 Å². The number of furan rings is 1. The van der Waals surface area contributed by atoms with Crippen LogP contribution in [0.2, 0.25) is 0 Å².